The van der Waals surface area contributed by atoms with Gasteiger partial charge in [-0.25, -0.2) is 13.9 Å². The lowest BCUT2D eigenvalue weighted by Gasteiger charge is -2.26. The second-order valence-corrected chi connectivity index (χ2v) is 12.3. The van der Waals surface area contributed by atoms with Gasteiger partial charge in [-0.1, -0.05) is 45.9 Å². The number of aryl methyl sites for hydroxylation is 1. The lowest BCUT2D eigenvalue weighted by Crippen LogP contribution is -2.23. The van der Waals surface area contributed by atoms with Gasteiger partial charge >= 0.3 is 0 Å². The zero-order valence-corrected chi connectivity index (χ0v) is 25.7. The highest BCUT2D eigenvalue weighted by Crippen LogP contribution is 2.41. The van der Waals surface area contributed by atoms with Crippen molar-refractivity contribution in [2.75, 3.05) is 23.8 Å². The number of hydrogen-bond donors (Lipinski definition) is 2. The monoisotopic (exact) mass is 579 g/mol. The Morgan fingerprint density at radius 3 is 2.49 bits per heavy atom. The van der Waals surface area contributed by atoms with Crippen LogP contribution in [0.5, 0.6) is 5.75 Å². The van der Waals surface area contributed by atoms with Gasteiger partial charge in [-0.15, -0.1) is 5.10 Å². The normalized spacial score (nSPS) is 12.5. The molecule has 41 heavy (non-hydrogen) atoms. The Morgan fingerprint density at radius 1 is 1.20 bits per heavy atom. The average Bonchev–Trinajstić information content (AvgIpc) is 3.54. The number of carbonyl (C=O) groups is 1. The van der Waals surface area contributed by atoms with Crippen LogP contribution in [0.1, 0.15) is 67.8 Å². The Labute approximate surface area is 243 Å². The van der Waals surface area contributed by atoms with E-state index in [0.717, 1.165) is 22.6 Å². The van der Waals surface area contributed by atoms with E-state index in [0.29, 0.717) is 28.3 Å². The molecule has 0 saturated carbocycles. The topological polar surface area (TPSA) is 127 Å². The molecule has 0 aliphatic rings. The van der Waals surface area contributed by atoms with Crippen LogP contribution in [0, 0.1) is 6.92 Å². The molecule has 4 aromatic rings. The van der Waals surface area contributed by atoms with E-state index in [1.807, 2.05) is 57.6 Å². The van der Waals surface area contributed by atoms with Crippen molar-refractivity contribution in [3.05, 3.63) is 65.2 Å². The number of benzene rings is 2. The Morgan fingerprint density at radius 2 is 1.90 bits per heavy atom. The van der Waals surface area contributed by atoms with Gasteiger partial charge in [0.2, 0.25) is 0 Å². The van der Waals surface area contributed by atoms with Gasteiger partial charge in [0.15, 0.2) is 5.75 Å². The largest absolute Gasteiger partial charge is 0.492 e. The molecule has 0 saturated heterocycles. The van der Waals surface area contributed by atoms with Crippen molar-refractivity contribution < 1.29 is 18.3 Å². The summed E-state index contributed by atoms with van der Waals surface area (Å²) >= 11 is -2.29. The van der Waals surface area contributed by atoms with Gasteiger partial charge in [-0.3, -0.25) is 13.7 Å². The molecular weight excluding hydrogens is 542 g/mol. The highest BCUT2D eigenvalue weighted by atomic mass is 32.2. The van der Waals surface area contributed by atoms with Crippen molar-refractivity contribution in [1.82, 2.24) is 24.5 Å². The molecule has 1 unspecified atom stereocenters. The van der Waals surface area contributed by atoms with Crippen LogP contribution in [0.25, 0.3) is 17.1 Å². The van der Waals surface area contributed by atoms with Crippen molar-refractivity contribution in [3.63, 3.8) is 0 Å². The Kier molecular flexibility index (Phi) is 8.36. The third kappa shape index (κ3) is 6.03. The lowest BCUT2D eigenvalue weighted by molar-refractivity contribution is 0.102. The van der Waals surface area contributed by atoms with Crippen molar-refractivity contribution in [1.29, 1.82) is 0 Å². The molecule has 2 heterocycles. The quantitative estimate of drug-likeness (QED) is 0.274. The summed E-state index contributed by atoms with van der Waals surface area (Å²) in [6, 6.07) is 8.96. The lowest BCUT2D eigenvalue weighted by atomic mass is 9.86. The molecule has 2 N–H and O–H groups in total. The number of hydrogen-bond acceptors (Lipinski definition) is 6. The van der Waals surface area contributed by atoms with Crippen LogP contribution >= 0.6 is 0 Å². The van der Waals surface area contributed by atoms with Crippen LogP contribution in [0.2, 0.25) is 0 Å². The third-order valence-electron chi connectivity index (χ3n) is 6.98. The Hall–Kier alpha value is -4.03. The van der Waals surface area contributed by atoms with Gasteiger partial charge in [0.05, 0.1) is 42.3 Å². The highest BCUT2D eigenvalue weighted by Gasteiger charge is 2.24. The van der Waals surface area contributed by atoms with E-state index < -0.39 is 11.3 Å². The van der Waals surface area contributed by atoms with E-state index in [9.17, 15) is 13.6 Å². The zero-order chi connectivity index (χ0) is 30.2. The Balaban J connectivity index is 1.70. The number of methoxy groups -OCH3 is 1. The van der Waals surface area contributed by atoms with Crippen LogP contribution in [0.15, 0.2) is 42.7 Å². The summed E-state index contributed by atoms with van der Waals surface area (Å²) in [5.41, 5.74) is 4.85. The fourth-order valence-electron chi connectivity index (χ4n) is 4.56. The number of aromatic nitrogens is 5. The first kappa shape index (κ1) is 29.9. The summed E-state index contributed by atoms with van der Waals surface area (Å²) < 4.78 is 32.1. The molecule has 11 nitrogen and oxygen atoms in total. The van der Waals surface area contributed by atoms with E-state index in [1.54, 1.807) is 29.1 Å². The minimum atomic E-state index is -2.29. The second-order valence-electron chi connectivity index (χ2n) is 11.3. The number of anilines is 2. The van der Waals surface area contributed by atoms with E-state index in [2.05, 4.69) is 34.5 Å². The van der Waals surface area contributed by atoms with Crippen molar-refractivity contribution in [2.24, 2.45) is 7.05 Å². The van der Waals surface area contributed by atoms with E-state index >= 15 is 0 Å². The second kappa shape index (κ2) is 11.5. The molecule has 0 aliphatic heterocycles. The average molecular weight is 580 g/mol. The van der Waals surface area contributed by atoms with Gasteiger partial charge in [0.25, 0.3) is 17.2 Å². The van der Waals surface area contributed by atoms with E-state index in [4.69, 9.17) is 4.74 Å². The van der Waals surface area contributed by atoms with Crippen LogP contribution in [0.3, 0.4) is 0 Å². The van der Waals surface area contributed by atoms with Gasteiger partial charge in [-0.05, 0) is 47.7 Å². The summed E-state index contributed by atoms with van der Waals surface area (Å²) in [5, 5.41) is 11.6. The molecule has 2 aromatic heterocycles. The molecular formula is C29H37N7O4S. The van der Waals surface area contributed by atoms with Gasteiger partial charge < -0.3 is 14.6 Å². The van der Waals surface area contributed by atoms with E-state index in [-0.39, 0.29) is 23.0 Å². The maximum Gasteiger partial charge on any atom is 0.261 e. The maximum atomic E-state index is 13.5. The summed E-state index contributed by atoms with van der Waals surface area (Å²) in [6.07, 6.45) is 3.61. The standard InChI is InChI=1S/C29H37N7O4S/c1-17(2)27-30-15-25(34(27)7)22-16-36(33-32-22)23-12-19(11-10-18(23)3)28(37)31-21-13-20(29(4,5)6)14-24(26(21)40-9)35(8)41(38)39/h10-17H,1-9H3,(H,31,37)(H,38,39). The van der Waals surface area contributed by atoms with Crippen LogP contribution in [-0.4, -0.2) is 53.4 Å². The minimum Gasteiger partial charge on any atom is -0.492 e. The molecule has 218 valence electrons. The fraction of sp³-hybridized carbons (Fsp3) is 0.379. The smallest absolute Gasteiger partial charge is 0.261 e. The number of carbonyl (C=O) groups excluding carboxylic acids is 1. The summed E-state index contributed by atoms with van der Waals surface area (Å²) in [7, 11) is 4.90. The third-order valence-corrected chi connectivity index (χ3v) is 7.64. The zero-order valence-electron chi connectivity index (χ0n) is 24.9. The van der Waals surface area contributed by atoms with Crippen LogP contribution < -0.4 is 14.4 Å². The molecule has 1 amide bonds. The number of rotatable bonds is 8. The van der Waals surface area contributed by atoms with Crippen molar-refractivity contribution in [3.8, 4) is 22.8 Å². The van der Waals surface area contributed by atoms with Crippen LogP contribution in [-0.2, 0) is 23.7 Å². The first-order chi connectivity index (χ1) is 19.2. The molecule has 1 atom stereocenters. The number of nitrogens with zero attached hydrogens (tertiary/aromatic N) is 6. The maximum absolute atomic E-state index is 13.5. The summed E-state index contributed by atoms with van der Waals surface area (Å²) in [4.78, 5) is 18.1. The van der Waals surface area contributed by atoms with Gasteiger partial charge in [-0.2, -0.15) is 0 Å². The highest BCUT2D eigenvalue weighted by molar-refractivity contribution is 7.80. The van der Waals surface area contributed by atoms with Crippen molar-refractivity contribution in [2.45, 2.75) is 52.9 Å². The predicted molar refractivity (Wildman–Crippen MR) is 161 cm³/mol. The molecule has 2 aromatic carbocycles. The molecule has 0 bridgehead atoms. The number of amides is 1. The first-order valence-electron chi connectivity index (χ1n) is 13.2. The minimum absolute atomic E-state index is 0.270. The van der Waals surface area contributed by atoms with Crippen LogP contribution in [0.4, 0.5) is 11.4 Å². The van der Waals surface area contributed by atoms with Gasteiger partial charge in [0, 0.05) is 25.6 Å². The first-order valence-corrected chi connectivity index (χ1v) is 14.2. The number of nitrogens with one attached hydrogen (secondary N) is 1. The molecule has 0 spiro atoms. The van der Waals surface area contributed by atoms with Gasteiger partial charge in [0.1, 0.15) is 11.5 Å². The molecule has 0 radical (unpaired) electrons. The summed E-state index contributed by atoms with van der Waals surface area (Å²) in [5.74, 6) is 1.13. The fourth-order valence-corrected chi connectivity index (χ4v) is 4.86. The SMILES string of the molecule is COc1c(NC(=O)c2ccc(C)c(-n3cc(-c4cnc(C(C)C)n4C)nn3)c2)cc(C(C)(C)C)cc1N(C)S(=O)O. The molecule has 12 heteroatoms. The predicted octanol–water partition coefficient (Wildman–Crippen LogP) is 5.23. The van der Waals surface area contributed by atoms with Crippen molar-refractivity contribution >= 4 is 28.5 Å². The molecule has 0 aliphatic carbocycles. The summed E-state index contributed by atoms with van der Waals surface area (Å²) in [6.45, 7) is 12.2. The molecule has 0 fully saturated rings. The number of imidazole rings is 1. The number of ether oxygens (including phenoxy) is 1. The molecule has 4 rings (SSSR count). The van der Waals surface area contributed by atoms with E-state index in [1.165, 1.54) is 18.5 Å². The Bertz CT molecular complexity index is 1620.